The third-order valence-corrected chi connectivity index (χ3v) is 6.68. The Kier molecular flexibility index (Phi) is 8.43. The van der Waals surface area contributed by atoms with Crippen LogP contribution in [0.25, 0.3) is 0 Å². The molecule has 0 spiro atoms. The second-order valence-electron chi connectivity index (χ2n) is 7.91. The van der Waals surface area contributed by atoms with Crippen LogP contribution in [0.5, 0.6) is 5.75 Å². The number of sulfonamides is 1. The number of rotatable bonds is 10. The molecule has 33 heavy (non-hydrogen) atoms. The van der Waals surface area contributed by atoms with Crippen molar-refractivity contribution in [3.05, 3.63) is 63.2 Å². The van der Waals surface area contributed by atoms with Crippen LogP contribution in [0.4, 0.5) is 11.4 Å². The molecule has 2 aromatic carbocycles. The number of hydrogen-bond donors (Lipinski definition) is 1. The van der Waals surface area contributed by atoms with E-state index in [1.807, 2.05) is 32.0 Å². The lowest BCUT2D eigenvalue weighted by atomic mass is 10.0. The quantitative estimate of drug-likeness (QED) is 0.408. The summed E-state index contributed by atoms with van der Waals surface area (Å²) in [6.45, 7) is 7.18. The fourth-order valence-electron chi connectivity index (χ4n) is 3.79. The van der Waals surface area contributed by atoms with Gasteiger partial charge in [-0.05, 0) is 49.4 Å². The van der Waals surface area contributed by atoms with E-state index in [2.05, 4.69) is 5.32 Å². The van der Waals surface area contributed by atoms with Gasteiger partial charge in [0, 0.05) is 12.1 Å². The van der Waals surface area contributed by atoms with Crippen molar-refractivity contribution in [2.75, 3.05) is 17.7 Å². The Morgan fingerprint density at radius 1 is 1.12 bits per heavy atom. The molecule has 2 unspecified atom stereocenters. The van der Waals surface area contributed by atoms with Crippen molar-refractivity contribution in [1.29, 1.82) is 0 Å². The zero-order valence-electron chi connectivity index (χ0n) is 19.8. The maximum atomic E-state index is 13.3. The predicted molar refractivity (Wildman–Crippen MR) is 128 cm³/mol. The summed E-state index contributed by atoms with van der Waals surface area (Å²) < 4.78 is 31.8. The molecule has 0 heterocycles. The Balaban J connectivity index is 2.46. The topological polar surface area (TPSA) is 119 Å². The van der Waals surface area contributed by atoms with Crippen LogP contribution in [0.1, 0.15) is 49.4 Å². The van der Waals surface area contributed by atoms with Crippen LogP contribution in [-0.2, 0) is 14.8 Å². The maximum absolute atomic E-state index is 13.3. The molecule has 0 fully saturated rings. The smallest absolute Gasteiger partial charge is 0.271 e. The lowest BCUT2D eigenvalue weighted by Gasteiger charge is -2.32. The number of amides is 1. The Bertz CT molecular complexity index is 1130. The number of nitrogens with zero attached hydrogens (tertiary/aromatic N) is 2. The van der Waals surface area contributed by atoms with Gasteiger partial charge in [0.15, 0.2) is 0 Å². The summed E-state index contributed by atoms with van der Waals surface area (Å²) in [7, 11) is -2.34. The van der Waals surface area contributed by atoms with Crippen molar-refractivity contribution in [1.82, 2.24) is 5.32 Å². The predicted octanol–water partition coefficient (Wildman–Crippen LogP) is 4.03. The molecule has 0 aromatic heterocycles. The molecule has 0 saturated heterocycles. The zero-order chi connectivity index (χ0) is 24.9. The van der Waals surface area contributed by atoms with Crippen molar-refractivity contribution in [3.8, 4) is 5.75 Å². The summed E-state index contributed by atoms with van der Waals surface area (Å²) in [5, 5.41) is 14.2. The third kappa shape index (κ3) is 6.01. The van der Waals surface area contributed by atoms with Crippen LogP contribution < -0.4 is 14.4 Å². The van der Waals surface area contributed by atoms with Crippen LogP contribution in [0.3, 0.4) is 0 Å². The summed E-state index contributed by atoms with van der Waals surface area (Å²) >= 11 is 0. The zero-order valence-corrected chi connectivity index (χ0v) is 20.6. The van der Waals surface area contributed by atoms with Crippen molar-refractivity contribution in [3.63, 3.8) is 0 Å². The van der Waals surface area contributed by atoms with Crippen molar-refractivity contribution in [2.24, 2.45) is 0 Å². The fraction of sp³-hybridized carbons (Fsp3) is 0.435. The van der Waals surface area contributed by atoms with Gasteiger partial charge in [-0.1, -0.05) is 32.0 Å². The van der Waals surface area contributed by atoms with Crippen LogP contribution >= 0.6 is 0 Å². The number of carbonyl (C=O) groups excluding carboxylic acids is 1. The number of benzene rings is 2. The molecule has 10 heteroatoms. The number of nitro groups is 1. The van der Waals surface area contributed by atoms with Crippen LogP contribution in [-0.4, -0.2) is 38.7 Å². The molecule has 2 atom stereocenters. The minimum absolute atomic E-state index is 0.113. The molecular weight excluding hydrogens is 446 g/mol. The summed E-state index contributed by atoms with van der Waals surface area (Å²) in [5.41, 5.74) is 2.16. The van der Waals surface area contributed by atoms with Gasteiger partial charge in [0.1, 0.15) is 11.8 Å². The lowest BCUT2D eigenvalue weighted by Crippen LogP contribution is -2.50. The minimum Gasteiger partial charge on any atom is -0.496 e. The first-order chi connectivity index (χ1) is 15.4. The number of non-ortho nitro benzene ring substituents is 1. The van der Waals surface area contributed by atoms with Crippen molar-refractivity contribution in [2.45, 2.75) is 52.6 Å². The van der Waals surface area contributed by atoms with E-state index < -0.39 is 26.9 Å². The van der Waals surface area contributed by atoms with Crippen LogP contribution in [0, 0.1) is 24.0 Å². The first-order valence-corrected chi connectivity index (χ1v) is 12.5. The summed E-state index contributed by atoms with van der Waals surface area (Å²) in [6, 6.07) is 8.17. The minimum atomic E-state index is -3.93. The second-order valence-corrected chi connectivity index (χ2v) is 9.77. The molecule has 0 radical (unpaired) electrons. The van der Waals surface area contributed by atoms with Gasteiger partial charge < -0.3 is 10.1 Å². The highest BCUT2D eigenvalue weighted by molar-refractivity contribution is 7.92. The molecule has 2 aromatic rings. The number of methoxy groups -OCH3 is 1. The molecule has 0 bridgehead atoms. The molecule has 2 rings (SSSR count). The molecule has 0 aliphatic carbocycles. The van der Waals surface area contributed by atoms with Gasteiger partial charge >= 0.3 is 0 Å². The van der Waals surface area contributed by atoms with Crippen molar-refractivity contribution < 1.29 is 22.9 Å². The monoisotopic (exact) mass is 477 g/mol. The van der Waals surface area contributed by atoms with Gasteiger partial charge in [-0.2, -0.15) is 0 Å². The van der Waals surface area contributed by atoms with Gasteiger partial charge in [-0.3, -0.25) is 19.2 Å². The van der Waals surface area contributed by atoms with Gasteiger partial charge in [0.25, 0.3) is 5.69 Å². The van der Waals surface area contributed by atoms with E-state index in [-0.39, 0.29) is 23.8 Å². The third-order valence-electron chi connectivity index (χ3n) is 5.52. The van der Waals surface area contributed by atoms with E-state index in [0.717, 1.165) is 27.4 Å². The van der Waals surface area contributed by atoms with Gasteiger partial charge in [-0.25, -0.2) is 8.42 Å². The average Bonchev–Trinajstić information content (AvgIpc) is 2.75. The van der Waals surface area contributed by atoms with E-state index in [0.29, 0.717) is 12.0 Å². The average molecular weight is 478 g/mol. The Morgan fingerprint density at radius 2 is 1.79 bits per heavy atom. The second kappa shape index (κ2) is 10.7. The number of nitro benzene ring substituents is 1. The number of ether oxygens (including phenoxy) is 1. The lowest BCUT2D eigenvalue weighted by molar-refractivity contribution is -0.384. The molecule has 0 aliphatic heterocycles. The van der Waals surface area contributed by atoms with Crippen molar-refractivity contribution >= 4 is 27.3 Å². The Morgan fingerprint density at radius 3 is 2.27 bits per heavy atom. The number of aryl methyl sites for hydroxylation is 2. The summed E-state index contributed by atoms with van der Waals surface area (Å²) in [5.74, 6) is 0.255. The summed E-state index contributed by atoms with van der Waals surface area (Å²) in [4.78, 5) is 24.0. The molecule has 1 N–H and O–H groups in total. The van der Waals surface area contributed by atoms with E-state index in [1.54, 1.807) is 21.0 Å². The maximum Gasteiger partial charge on any atom is 0.271 e. The number of anilines is 1. The standard InChI is InChI=1S/C23H31N3O6S/c1-7-19(17-10-12-22(32-5)16(4)13-17)24-23(27)20(8-2)25(33(6,30)31)21-14-18(26(28)29)11-9-15(21)3/h9-14,19-20H,7-8H2,1-6H3,(H,24,27). The normalized spacial score (nSPS) is 13.2. The largest absolute Gasteiger partial charge is 0.496 e. The van der Waals surface area contributed by atoms with Gasteiger partial charge in [0.2, 0.25) is 15.9 Å². The van der Waals surface area contributed by atoms with Crippen LogP contribution in [0.2, 0.25) is 0 Å². The highest BCUT2D eigenvalue weighted by Crippen LogP contribution is 2.31. The molecule has 180 valence electrons. The first kappa shape index (κ1) is 26.1. The van der Waals surface area contributed by atoms with Gasteiger partial charge in [-0.15, -0.1) is 0 Å². The van der Waals surface area contributed by atoms with Crippen LogP contribution in [0.15, 0.2) is 36.4 Å². The number of nitrogens with one attached hydrogen (secondary N) is 1. The molecular formula is C23H31N3O6S. The SMILES string of the molecule is CCC(NC(=O)C(CC)N(c1cc([N+](=O)[O-])ccc1C)S(C)(=O)=O)c1ccc(OC)c(C)c1. The molecule has 0 saturated carbocycles. The Hall–Kier alpha value is -3.14. The Labute approximate surface area is 195 Å². The summed E-state index contributed by atoms with van der Waals surface area (Å²) in [6.07, 6.45) is 1.76. The van der Waals surface area contributed by atoms with E-state index >= 15 is 0 Å². The molecule has 9 nitrogen and oxygen atoms in total. The number of carbonyl (C=O) groups is 1. The fourth-order valence-corrected chi connectivity index (χ4v) is 5.05. The number of hydrogen-bond acceptors (Lipinski definition) is 6. The van der Waals surface area contributed by atoms with E-state index in [1.165, 1.54) is 18.2 Å². The highest BCUT2D eigenvalue weighted by atomic mass is 32.2. The highest BCUT2D eigenvalue weighted by Gasteiger charge is 2.34. The molecule has 1 amide bonds. The van der Waals surface area contributed by atoms with E-state index in [4.69, 9.17) is 4.74 Å². The first-order valence-electron chi connectivity index (χ1n) is 10.6. The van der Waals surface area contributed by atoms with E-state index in [9.17, 15) is 23.3 Å². The van der Waals surface area contributed by atoms with Gasteiger partial charge in [0.05, 0.1) is 30.0 Å². The molecule has 0 aliphatic rings.